The number of nitrogens with one attached hydrogen (secondary N) is 1. The van der Waals surface area contributed by atoms with Gasteiger partial charge < -0.3 is 9.25 Å². The van der Waals surface area contributed by atoms with E-state index in [-0.39, 0.29) is 11.8 Å². The van der Waals surface area contributed by atoms with Crippen LogP contribution in [0.2, 0.25) is 0 Å². The summed E-state index contributed by atoms with van der Waals surface area (Å²) in [5, 5.41) is 2.51. The lowest BCUT2D eigenvalue weighted by Gasteiger charge is -2.05. The van der Waals surface area contributed by atoms with Crippen molar-refractivity contribution in [1.29, 1.82) is 0 Å². The van der Waals surface area contributed by atoms with E-state index in [4.69, 9.17) is 10.3 Å². The fraction of sp³-hybridized carbons (Fsp3) is 0.300. The monoisotopic (exact) mass is 210 g/mol. The van der Waals surface area contributed by atoms with Crippen molar-refractivity contribution in [3.63, 3.8) is 0 Å². The van der Waals surface area contributed by atoms with Crippen molar-refractivity contribution in [3.8, 4) is 0 Å². The number of rotatable bonds is 5. The van der Waals surface area contributed by atoms with E-state index in [0.29, 0.717) is 12.8 Å². The zero-order valence-electron chi connectivity index (χ0n) is 8.53. The molecular formula is C10H14N2O3. The van der Waals surface area contributed by atoms with Crippen LogP contribution < -0.4 is 11.2 Å². The molecule has 1 heterocycles. The number of amides is 1. The Morgan fingerprint density at radius 1 is 1.73 bits per heavy atom. The summed E-state index contributed by atoms with van der Waals surface area (Å²) in [7, 11) is 0. The first-order chi connectivity index (χ1) is 7.26. The second-order valence-electron chi connectivity index (χ2n) is 2.87. The molecule has 0 bridgehead atoms. The molecule has 5 nitrogen and oxygen atoms in total. The van der Waals surface area contributed by atoms with Crippen LogP contribution in [0.25, 0.3) is 0 Å². The summed E-state index contributed by atoms with van der Waals surface area (Å²) >= 11 is 0. The van der Waals surface area contributed by atoms with Crippen molar-refractivity contribution in [3.05, 3.63) is 36.1 Å². The van der Waals surface area contributed by atoms with Crippen molar-refractivity contribution in [1.82, 2.24) is 5.32 Å². The van der Waals surface area contributed by atoms with Gasteiger partial charge in [0, 0.05) is 12.8 Å². The van der Waals surface area contributed by atoms with Crippen LogP contribution in [0, 0.1) is 0 Å². The third kappa shape index (κ3) is 3.86. The van der Waals surface area contributed by atoms with Gasteiger partial charge in [-0.1, -0.05) is 6.92 Å². The van der Waals surface area contributed by atoms with Crippen molar-refractivity contribution in [2.45, 2.75) is 19.8 Å². The third-order valence-corrected chi connectivity index (χ3v) is 1.78. The molecule has 0 aliphatic rings. The van der Waals surface area contributed by atoms with Gasteiger partial charge in [-0.2, -0.15) is 5.90 Å². The molecule has 15 heavy (non-hydrogen) atoms. The minimum Gasteiger partial charge on any atom is -0.469 e. The lowest BCUT2D eigenvalue weighted by Crippen LogP contribution is -2.25. The van der Waals surface area contributed by atoms with Crippen molar-refractivity contribution in [2.24, 2.45) is 5.90 Å². The molecular weight excluding hydrogens is 196 g/mol. The molecule has 1 aromatic heterocycles. The molecule has 0 spiro atoms. The highest BCUT2D eigenvalue weighted by Gasteiger charge is 2.02. The molecule has 0 atom stereocenters. The van der Waals surface area contributed by atoms with Crippen LogP contribution in [0.5, 0.6) is 0 Å². The molecule has 1 rings (SSSR count). The predicted octanol–water partition coefficient (Wildman–Crippen LogP) is 1.08. The molecule has 1 aromatic rings. The third-order valence-electron chi connectivity index (χ3n) is 1.78. The smallest absolute Gasteiger partial charge is 0.226 e. The summed E-state index contributed by atoms with van der Waals surface area (Å²) in [6.07, 6.45) is 4.12. The molecule has 1 amide bonds. The first-order valence-electron chi connectivity index (χ1n) is 4.65. The van der Waals surface area contributed by atoms with Gasteiger partial charge in [-0.25, -0.2) is 0 Å². The molecule has 0 radical (unpaired) electrons. The Morgan fingerprint density at radius 2 is 2.53 bits per heavy atom. The average Bonchev–Trinajstić information content (AvgIpc) is 2.76. The van der Waals surface area contributed by atoms with Gasteiger partial charge >= 0.3 is 0 Å². The molecule has 0 aliphatic heterocycles. The number of carbonyl (C=O) groups is 1. The van der Waals surface area contributed by atoms with E-state index in [0.717, 1.165) is 5.76 Å². The van der Waals surface area contributed by atoms with Gasteiger partial charge in [-0.05, 0) is 18.2 Å². The van der Waals surface area contributed by atoms with Crippen LogP contribution in [-0.4, -0.2) is 5.91 Å². The maximum Gasteiger partial charge on any atom is 0.226 e. The van der Waals surface area contributed by atoms with Crippen molar-refractivity contribution >= 4 is 5.91 Å². The first-order valence-corrected chi connectivity index (χ1v) is 4.65. The molecule has 0 saturated carbocycles. The van der Waals surface area contributed by atoms with Crippen LogP contribution in [0.3, 0.4) is 0 Å². The molecule has 82 valence electrons. The Labute approximate surface area is 87.8 Å². The van der Waals surface area contributed by atoms with Crippen LogP contribution in [0.4, 0.5) is 0 Å². The molecule has 0 aromatic carbocycles. The lowest BCUT2D eigenvalue weighted by atomic mass is 10.3. The van der Waals surface area contributed by atoms with Crippen LogP contribution in [0.1, 0.15) is 19.1 Å². The summed E-state index contributed by atoms with van der Waals surface area (Å²) in [4.78, 5) is 15.5. The number of allylic oxidation sites excluding steroid dienone is 1. The highest BCUT2D eigenvalue weighted by atomic mass is 16.6. The summed E-state index contributed by atoms with van der Waals surface area (Å²) in [5.41, 5.74) is 0. The van der Waals surface area contributed by atoms with E-state index >= 15 is 0 Å². The highest BCUT2D eigenvalue weighted by Crippen LogP contribution is 2.03. The number of hydrogen-bond acceptors (Lipinski definition) is 4. The van der Waals surface area contributed by atoms with E-state index in [1.807, 2.05) is 6.07 Å². The van der Waals surface area contributed by atoms with Crippen LogP contribution in [0.15, 0.2) is 34.8 Å². The zero-order chi connectivity index (χ0) is 11.1. The second kappa shape index (κ2) is 5.87. The molecule has 0 saturated heterocycles. The fourth-order valence-corrected chi connectivity index (χ4v) is 0.976. The largest absolute Gasteiger partial charge is 0.469 e. The first kappa shape index (κ1) is 11.3. The van der Waals surface area contributed by atoms with E-state index < -0.39 is 0 Å². The number of hydrogen-bond donors (Lipinski definition) is 2. The van der Waals surface area contributed by atoms with Gasteiger partial charge in [-0.3, -0.25) is 10.1 Å². The Morgan fingerprint density at radius 3 is 3.07 bits per heavy atom. The van der Waals surface area contributed by atoms with E-state index in [2.05, 4.69) is 10.2 Å². The summed E-state index contributed by atoms with van der Waals surface area (Å²) in [5.74, 6) is 5.86. The van der Waals surface area contributed by atoms with Gasteiger partial charge in [0.2, 0.25) is 11.8 Å². The normalized spacial score (nSPS) is 11.2. The van der Waals surface area contributed by atoms with E-state index in [1.54, 1.807) is 25.3 Å². The number of carbonyl (C=O) groups excluding carboxylic acids is 1. The SMILES string of the molecule is CCC(=O)N/C(=C/Cc1ccco1)ON. The Balaban J connectivity index is 2.50. The Kier molecular flexibility index (Phi) is 4.43. The van der Waals surface area contributed by atoms with E-state index in [9.17, 15) is 4.79 Å². The topological polar surface area (TPSA) is 77.5 Å². The fourth-order valence-electron chi connectivity index (χ4n) is 0.976. The minimum absolute atomic E-state index is 0.147. The average molecular weight is 210 g/mol. The number of furan rings is 1. The van der Waals surface area contributed by atoms with Gasteiger partial charge in [0.1, 0.15) is 5.76 Å². The molecule has 5 heteroatoms. The Hall–Kier alpha value is -1.75. The van der Waals surface area contributed by atoms with Crippen molar-refractivity contribution < 1.29 is 14.0 Å². The molecule has 3 N–H and O–H groups in total. The molecule has 0 aliphatic carbocycles. The second-order valence-corrected chi connectivity index (χ2v) is 2.87. The van der Waals surface area contributed by atoms with Gasteiger partial charge in [0.25, 0.3) is 0 Å². The standard InChI is InChI=1S/C10H14N2O3/c1-2-9(13)12-10(15-11)6-5-8-4-3-7-14-8/h3-4,6-7H,2,5,11H2,1H3,(H,12,13)/b10-6-. The minimum atomic E-state index is -0.147. The summed E-state index contributed by atoms with van der Waals surface area (Å²) < 4.78 is 5.11. The van der Waals surface area contributed by atoms with Gasteiger partial charge in [-0.15, -0.1) is 0 Å². The molecule has 0 fully saturated rings. The zero-order valence-corrected chi connectivity index (χ0v) is 8.53. The molecule has 0 unspecified atom stereocenters. The summed E-state index contributed by atoms with van der Waals surface area (Å²) in [6, 6.07) is 3.61. The number of nitrogens with two attached hydrogens (primary N) is 1. The maximum atomic E-state index is 11.0. The quantitative estimate of drug-likeness (QED) is 0.563. The van der Waals surface area contributed by atoms with Crippen LogP contribution in [-0.2, 0) is 16.1 Å². The van der Waals surface area contributed by atoms with Gasteiger partial charge in [0.05, 0.1) is 6.26 Å². The van der Waals surface area contributed by atoms with Gasteiger partial charge in [0.15, 0.2) is 0 Å². The van der Waals surface area contributed by atoms with E-state index in [1.165, 1.54) is 0 Å². The maximum absolute atomic E-state index is 11.0. The Bertz CT molecular complexity index is 330. The van der Waals surface area contributed by atoms with Crippen molar-refractivity contribution in [2.75, 3.05) is 0 Å². The summed E-state index contributed by atoms with van der Waals surface area (Å²) in [6.45, 7) is 1.75. The van der Waals surface area contributed by atoms with Crippen LogP contribution >= 0.6 is 0 Å². The lowest BCUT2D eigenvalue weighted by molar-refractivity contribution is -0.121. The highest BCUT2D eigenvalue weighted by molar-refractivity contribution is 5.76. The predicted molar refractivity (Wildman–Crippen MR) is 54.2 cm³/mol.